The van der Waals surface area contributed by atoms with E-state index in [0.29, 0.717) is 29.4 Å². The fourth-order valence-electron chi connectivity index (χ4n) is 2.86. The molecular weight excluding hydrogens is 452 g/mol. The summed E-state index contributed by atoms with van der Waals surface area (Å²) in [4.78, 5) is 25.1. The normalized spacial score (nSPS) is 11.0. The Labute approximate surface area is 194 Å². The summed E-state index contributed by atoms with van der Waals surface area (Å²) in [6.45, 7) is 4.23. The molecule has 0 atom stereocenters. The molecule has 0 fully saturated rings. The number of hydrogen-bond donors (Lipinski definition) is 3. The van der Waals surface area contributed by atoms with E-state index >= 15 is 0 Å². The Hall–Kier alpha value is -2.78. The van der Waals surface area contributed by atoms with Crippen molar-refractivity contribution in [1.82, 2.24) is 10.4 Å². The fraction of sp³-hybridized carbons (Fsp3) is 0.364. The molecule has 0 aliphatic heterocycles. The molecule has 0 saturated carbocycles. The van der Waals surface area contributed by atoms with Crippen LogP contribution in [0.15, 0.2) is 42.5 Å². The first-order valence-corrected chi connectivity index (χ1v) is 12.5. The predicted octanol–water partition coefficient (Wildman–Crippen LogP) is 4.32. The molecule has 0 saturated heterocycles. The summed E-state index contributed by atoms with van der Waals surface area (Å²) in [5.41, 5.74) is 5.44. The zero-order valence-corrected chi connectivity index (χ0v) is 20.0. The van der Waals surface area contributed by atoms with Gasteiger partial charge in [0.2, 0.25) is 15.9 Å². The second-order valence-corrected chi connectivity index (χ2v) is 9.66. The Morgan fingerprint density at radius 3 is 2.31 bits per heavy atom. The van der Waals surface area contributed by atoms with Crippen molar-refractivity contribution in [2.24, 2.45) is 0 Å². The van der Waals surface area contributed by atoms with Gasteiger partial charge >= 0.3 is 6.03 Å². The van der Waals surface area contributed by atoms with Crippen LogP contribution in [0.1, 0.15) is 37.3 Å². The number of benzene rings is 2. The largest absolute Gasteiger partial charge is 0.340 e. The Morgan fingerprint density at radius 1 is 1.06 bits per heavy atom. The molecule has 0 radical (unpaired) electrons. The second-order valence-electron chi connectivity index (χ2n) is 7.51. The number of rotatable bonds is 9. The lowest BCUT2D eigenvalue weighted by molar-refractivity contribution is -0.124. The zero-order valence-electron chi connectivity index (χ0n) is 18.4. The summed E-state index contributed by atoms with van der Waals surface area (Å²) in [5, 5.41) is 4.68. The molecule has 8 nitrogen and oxygen atoms in total. The highest BCUT2D eigenvalue weighted by Crippen LogP contribution is 2.19. The maximum Gasteiger partial charge on any atom is 0.340 e. The van der Waals surface area contributed by atoms with Crippen LogP contribution in [0.25, 0.3) is 0 Å². The topological polar surface area (TPSA) is 108 Å². The van der Waals surface area contributed by atoms with Crippen molar-refractivity contribution in [3.63, 3.8) is 0 Å². The Balaban J connectivity index is 1.93. The molecule has 0 unspecified atom stereocenters. The number of aryl methyl sites for hydroxylation is 2. The number of nitrogens with zero attached hydrogens (tertiary/aromatic N) is 1. The lowest BCUT2D eigenvalue weighted by atomic mass is 10.1. The van der Waals surface area contributed by atoms with Crippen LogP contribution in [0.5, 0.6) is 0 Å². The van der Waals surface area contributed by atoms with E-state index in [1.807, 2.05) is 13.8 Å². The quantitative estimate of drug-likeness (QED) is 0.464. The Kier molecular flexibility index (Phi) is 9.34. The number of hydrazine groups is 1. The number of amides is 3. The number of nitrogens with one attached hydrogen (secondary N) is 3. The number of halogens is 1. The van der Waals surface area contributed by atoms with Crippen molar-refractivity contribution in [3.8, 4) is 0 Å². The van der Waals surface area contributed by atoms with E-state index in [2.05, 4.69) is 15.5 Å². The molecule has 0 bridgehead atoms. The van der Waals surface area contributed by atoms with Crippen LogP contribution in [0.3, 0.4) is 0 Å². The number of urea groups is 1. The number of unbranched alkanes of at least 4 members (excludes halogenated alkanes) is 1. The van der Waals surface area contributed by atoms with E-state index < -0.39 is 16.1 Å². The number of anilines is 2. The summed E-state index contributed by atoms with van der Waals surface area (Å²) < 4.78 is 24.9. The molecule has 174 valence electrons. The van der Waals surface area contributed by atoms with Gasteiger partial charge in [0.25, 0.3) is 0 Å². The van der Waals surface area contributed by atoms with Gasteiger partial charge in [0, 0.05) is 29.4 Å². The molecule has 2 aromatic carbocycles. The van der Waals surface area contributed by atoms with Crippen LogP contribution in [0.4, 0.5) is 16.2 Å². The Morgan fingerprint density at radius 2 is 1.72 bits per heavy atom. The van der Waals surface area contributed by atoms with E-state index in [0.717, 1.165) is 30.2 Å². The SMILES string of the molecule is CCCCN(NC(=O)CCc1ccc(NS(C)(=O)=O)cc1)C(=O)Nc1ccc(Cl)c(C)c1. The van der Waals surface area contributed by atoms with Crippen molar-refractivity contribution in [2.75, 3.05) is 22.8 Å². The van der Waals surface area contributed by atoms with Gasteiger partial charge in [-0.2, -0.15) is 0 Å². The van der Waals surface area contributed by atoms with E-state index in [4.69, 9.17) is 11.6 Å². The second kappa shape index (κ2) is 11.7. The fourth-order valence-corrected chi connectivity index (χ4v) is 3.54. The van der Waals surface area contributed by atoms with Crippen molar-refractivity contribution >= 4 is 44.9 Å². The monoisotopic (exact) mass is 480 g/mol. The molecule has 0 aromatic heterocycles. The average molecular weight is 481 g/mol. The molecule has 0 aliphatic carbocycles. The Bertz CT molecular complexity index is 1040. The van der Waals surface area contributed by atoms with Gasteiger partial charge in [-0.3, -0.25) is 14.9 Å². The van der Waals surface area contributed by atoms with Crippen molar-refractivity contribution < 1.29 is 18.0 Å². The number of hydrogen-bond acceptors (Lipinski definition) is 4. The average Bonchev–Trinajstić information content (AvgIpc) is 2.72. The summed E-state index contributed by atoms with van der Waals surface area (Å²) in [6, 6.07) is 11.5. The van der Waals surface area contributed by atoms with E-state index in [-0.39, 0.29) is 12.3 Å². The minimum atomic E-state index is -3.34. The first-order chi connectivity index (χ1) is 15.1. The maximum atomic E-state index is 12.7. The van der Waals surface area contributed by atoms with E-state index in [1.165, 1.54) is 5.01 Å². The smallest absolute Gasteiger partial charge is 0.306 e. The molecule has 32 heavy (non-hydrogen) atoms. The van der Waals surface area contributed by atoms with Crippen LogP contribution in [-0.2, 0) is 21.2 Å². The lowest BCUT2D eigenvalue weighted by Gasteiger charge is -2.23. The molecule has 0 heterocycles. The van der Waals surface area contributed by atoms with Gasteiger partial charge in [0.05, 0.1) is 6.26 Å². The van der Waals surface area contributed by atoms with E-state index in [9.17, 15) is 18.0 Å². The maximum absolute atomic E-state index is 12.7. The van der Waals surface area contributed by atoms with E-state index in [1.54, 1.807) is 42.5 Å². The molecule has 0 aliphatic rings. The molecule has 2 aromatic rings. The molecule has 3 N–H and O–H groups in total. The summed E-state index contributed by atoms with van der Waals surface area (Å²) in [7, 11) is -3.34. The summed E-state index contributed by atoms with van der Waals surface area (Å²) in [6.07, 6.45) is 3.31. The van der Waals surface area contributed by atoms with Crippen LogP contribution in [0, 0.1) is 6.92 Å². The number of sulfonamides is 1. The summed E-state index contributed by atoms with van der Waals surface area (Å²) in [5.74, 6) is -0.290. The van der Waals surface area contributed by atoms with Crippen molar-refractivity contribution in [3.05, 3.63) is 58.6 Å². The lowest BCUT2D eigenvalue weighted by Crippen LogP contribution is -2.48. The third-order valence-electron chi connectivity index (χ3n) is 4.55. The van der Waals surface area contributed by atoms with Gasteiger partial charge < -0.3 is 5.32 Å². The van der Waals surface area contributed by atoms with Gasteiger partial charge in [0.1, 0.15) is 0 Å². The zero-order chi connectivity index (χ0) is 23.7. The molecule has 0 spiro atoms. The highest BCUT2D eigenvalue weighted by atomic mass is 35.5. The van der Waals surface area contributed by atoms with Gasteiger partial charge in [0.15, 0.2) is 0 Å². The third kappa shape index (κ3) is 8.76. The molecule has 10 heteroatoms. The standard InChI is InChI=1S/C22H29ClN4O4S/c1-4-5-14-27(22(29)24-19-11-12-20(23)16(2)15-19)25-21(28)13-8-17-6-9-18(10-7-17)26-32(3,30)31/h6-7,9-12,15,26H,4-5,8,13-14H2,1-3H3,(H,24,29)(H,25,28). The summed E-state index contributed by atoms with van der Waals surface area (Å²) >= 11 is 6.03. The first kappa shape index (κ1) is 25.5. The highest BCUT2D eigenvalue weighted by Gasteiger charge is 2.16. The molecular formula is C22H29ClN4O4S. The minimum absolute atomic E-state index is 0.175. The first-order valence-electron chi connectivity index (χ1n) is 10.3. The highest BCUT2D eigenvalue weighted by molar-refractivity contribution is 7.92. The van der Waals surface area contributed by atoms with Crippen LogP contribution >= 0.6 is 11.6 Å². The third-order valence-corrected chi connectivity index (χ3v) is 5.58. The van der Waals surface area contributed by atoms with Gasteiger partial charge in [-0.05, 0) is 61.2 Å². The van der Waals surface area contributed by atoms with Gasteiger partial charge in [-0.1, -0.05) is 37.1 Å². The van der Waals surface area contributed by atoms with Gasteiger partial charge in [-0.15, -0.1) is 0 Å². The minimum Gasteiger partial charge on any atom is -0.306 e. The molecule has 3 amide bonds. The number of carbonyl (C=O) groups excluding carboxylic acids is 2. The number of carbonyl (C=O) groups is 2. The van der Waals surface area contributed by atoms with Crippen LogP contribution < -0.4 is 15.5 Å². The van der Waals surface area contributed by atoms with Crippen LogP contribution in [-0.4, -0.2) is 38.2 Å². The van der Waals surface area contributed by atoms with Crippen LogP contribution in [0.2, 0.25) is 5.02 Å². The van der Waals surface area contributed by atoms with Gasteiger partial charge in [-0.25, -0.2) is 18.2 Å². The van der Waals surface area contributed by atoms with Crippen molar-refractivity contribution in [2.45, 2.75) is 39.5 Å². The predicted molar refractivity (Wildman–Crippen MR) is 128 cm³/mol. The molecule has 2 rings (SSSR count). The van der Waals surface area contributed by atoms with Crippen molar-refractivity contribution in [1.29, 1.82) is 0 Å².